The first-order valence-electron chi connectivity index (χ1n) is 10.1. The maximum absolute atomic E-state index is 11.9. The number of carbonyl (C=O) groups excluding carboxylic acids is 3. The van der Waals surface area contributed by atoms with E-state index in [0.717, 1.165) is 23.6 Å². The molecular formula is C21H30N4O6. The fraction of sp³-hybridized carbons (Fsp3) is 0.571. The highest BCUT2D eigenvalue weighted by molar-refractivity contribution is 6.02. The van der Waals surface area contributed by atoms with E-state index in [0.29, 0.717) is 18.7 Å². The van der Waals surface area contributed by atoms with Gasteiger partial charge in [-0.05, 0) is 39.8 Å². The number of esters is 3. The molecule has 170 valence electrons. The van der Waals surface area contributed by atoms with Crippen LogP contribution in [-0.2, 0) is 48.1 Å². The minimum atomic E-state index is -1.20. The number of cyclic esters (lactones) is 2. The van der Waals surface area contributed by atoms with Crippen LogP contribution < -0.4 is 0 Å². The Morgan fingerprint density at radius 1 is 1.03 bits per heavy atom. The van der Waals surface area contributed by atoms with Crippen molar-refractivity contribution in [3.8, 4) is 0 Å². The Kier molecular flexibility index (Phi) is 7.59. The van der Waals surface area contributed by atoms with Crippen LogP contribution in [0.25, 0.3) is 0 Å². The van der Waals surface area contributed by atoms with Gasteiger partial charge in [-0.25, -0.2) is 0 Å². The van der Waals surface area contributed by atoms with Crippen molar-refractivity contribution in [2.75, 3.05) is 7.11 Å². The molecule has 3 heterocycles. The topological polar surface area (TPSA) is 115 Å². The largest absolute Gasteiger partial charge is 0.469 e. The Labute approximate surface area is 181 Å². The van der Waals surface area contributed by atoms with Crippen molar-refractivity contribution in [3.05, 3.63) is 34.9 Å². The molecule has 0 amide bonds. The molecule has 0 spiro atoms. The third-order valence-corrected chi connectivity index (χ3v) is 4.53. The molecule has 2 aromatic heterocycles. The van der Waals surface area contributed by atoms with Crippen molar-refractivity contribution in [2.24, 2.45) is 0 Å². The minimum Gasteiger partial charge on any atom is -0.469 e. The van der Waals surface area contributed by atoms with E-state index in [1.807, 2.05) is 31.5 Å². The molecule has 10 nitrogen and oxygen atoms in total. The summed E-state index contributed by atoms with van der Waals surface area (Å²) >= 11 is 0. The lowest BCUT2D eigenvalue weighted by atomic mass is 10.0. The average Bonchev–Trinajstić information content (AvgIpc) is 3.22. The number of nitrogens with zero attached hydrogens (tertiary/aromatic N) is 4. The van der Waals surface area contributed by atoms with Gasteiger partial charge in [0.2, 0.25) is 0 Å². The summed E-state index contributed by atoms with van der Waals surface area (Å²) in [5.74, 6) is -3.65. The summed E-state index contributed by atoms with van der Waals surface area (Å²) in [7, 11) is 1.39. The van der Waals surface area contributed by atoms with Crippen LogP contribution in [-0.4, -0.2) is 50.4 Å². The number of rotatable bonds is 5. The van der Waals surface area contributed by atoms with Crippen LogP contribution in [0.1, 0.15) is 56.4 Å². The van der Waals surface area contributed by atoms with Crippen molar-refractivity contribution in [1.82, 2.24) is 19.6 Å². The summed E-state index contributed by atoms with van der Waals surface area (Å²) in [5.41, 5.74) is 3.10. The van der Waals surface area contributed by atoms with Crippen LogP contribution in [0.4, 0.5) is 0 Å². The molecule has 31 heavy (non-hydrogen) atoms. The first-order valence-corrected chi connectivity index (χ1v) is 10.1. The van der Waals surface area contributed by atoms with E-state index in [-0.39, 0.29) is 5.97 Å². The van der Waals surface area contributed by atoms with Crippen molar-refractivity contribution in [1.29, 1.82) is 0 Å². The Balaban J connectivity index is 0.000000233. The molecule has 10 heteroatoms. The molecule has 3 rings (SSSR count). The summed E-state index contributed by atoms with van der Waals surface area (Å²) in [6, 6.07) is 3.61. The summed E-state index contributed by atoms with van der Waals surface area (Å²) in [6.07, 6.45) is 0.297. The van der Waals surface area contributed by atoms with E-state index in [2.05, 4.69) is 14.9 Å². The zero-order valence-electron chi connectivity index (χ0n) is 19.1. The van der Waals surface area contributed by atoms with Crippen LogP contribution in [0.15, 0.2) is 12.1 Å². The number of hydrogen-bond donors (Lipinski definition) is 0. The number of carbonyl (C=O) groups is 3. The lowest BCUT2D eigenvalue weighted by molar-refractivity contribution is -0.235. The van der Waals surface area contributed by atoms with Crippen molar-refractivity contribution in [2.45, 2.75) is 72.8 Å². The van der Waals surface area contributed by atoms with Gasteiger partial charge < -0.3 is 14.2 Å². The Morgan fingerprint density at radius 3 is 2.06 bits per heavy atom. The second-order valence-electron chi connectivity index (χ2n) is 7.55. The third kappa shape index (κ3) is 5.93. The second-order valence-corrected chi connectivity index (χ2v) is 7.55. The van der Waals surface area contributed by atoms with Crippen LogP contribution in [0.5, 0.6) is 0 Å². The second kappa shape index (κ2) is 9.76. The summed E-state index contributed by atoms with van der Waals surface area (Å²) in [6.45, 7) is 12.0. The monoisotopic (exact) mass is 434 g/mol. The highest BCUT2D eigenvalue weighted by atomic mass is 16.7. The molecular weight excluding hydrogens is 404 g/mol. The van der Waals surface area contributed by atoms with Gasteiger partial charge in [0.15, 0.2) is 5.92 Å². The predicted molar refractivity (Wildman–Crippen MR) is 110 cm³/mol. The van der Waals surface area contributed by atoms with E-state index in [4.69, 9.17) is 9.47 Å². The summed E-state index contributed by atoms with van der Waals surface area (Å²) in [5, 5.41) is 8.44. The molecule has 0 aliphatic carbocycles. The zero-order valence-corrected chi connectivity index (χ0v) is 19.1. The average molecular weight is 434 g/mol. The molecule has 0 N–H and O–H groups in total. The van der Waals surface area contributed by atoms with Crippen LogP contribution in [0.2, 0.25) is 0 Å². The molecule has 0 atom stereocenters. The molecule has 1 aliphatic heterocycles. The van der Waals surface area contributed by atoms with Crippen molar-refractivity contribution < 1.29 is 28.6 Å². The third-order valence-electron chi connectivity index (χ3n) is 4.53. The van der Waals surface area contributed by atoms with Gasteiger partial charge in [0.25, 0.3) is 5.79 Å². The fourth-order valence-corrected chi connectivity index (χ4v) is 3.25. The lowest BCUT2D eigenvalue weighted by Gasteiger charge is -2.32. The van der Waals surface area contributed by atoms with E-state index in [9.17, 15) is 14.4 Å². The Bertz CT molecular complexity index is 939. The number of methoxy groups -OCH3 is 1. The molecule has 0 aromatic carbocycles. The van der Waals surface area contributed by atoms with Crippen molar-refractivity contribution >= 4 is 17.9 Å². The number of hydrogen-bond acceptors (Lipinski definition) is 8. The van der Waals surface area contributed by atoms with E-state index in [1.54, 1.807) is 17.7 Å². The van der Waals surface area contributed by atoms with Crippen LogP contribution in [0, 0.1) is 13.8 Å². The number of ether oxygens (including phenoxy) is 3. The smallest absolute Gasteiger partial charge is 0.329 e. The number of aryl methyl sites for hydroxylation is 4. The molecule has 0 saturated carbocycles. The molecule has 1 aliphatic rings. The maximum Gasteiger partial charge on any atom is 0.329 e. The van der Waals surface area contributed by atoms with Gasteiger partial charge in [0, 0.05) is 32.6 Å². The zero-order chi connectivity index (χ0) is 23.3. The van der Waals surface area contributed by atoms with Gasteiger partial charge in [-0.1, -0.05) is 0 Å². The van der Waals surface area contributed by atoms with E-state index in [1.165, 1.54) is 21.0 Å². The van der Waals surface area contributed by atoms with Gasteiger partial charge in [-0.3, -0.25) is 23.7 Å². The molecule has 1 saturated heterocycles. The van der Waals surface area contributed by atoms with Crippen LogP contribution >= 0.6 is 0 Å². The first kappa shape index (κ1) is 24.1. The predicted octanol–water partition coefficient (Wildman–Crippen LogP) is 2.06. The molecule has 1 fully saturated rings. The summed E-state index contributed by atoms with van der Waals surface area (Å²) < 4.78 is 18.2. The first-order chi connectivity index (χ1) is 14.5. The van der Waals surface area contributed by atoms with Gasteiger partial charge in [0.1, 0.15) is 0 Å². The minimum absolute atomic E-state index is 0.227. The van der Waals surface area contributed by atoms with Gasteiger partial charge >= 0.3 is 17.9 Å². The highest BCUT2D eigenvalue weighted by Crippen LogP contribution is 2.30. The molecule has 0 bridgehead atoms. The molecule has 0 unspecified atom stereocenters. The van der Waals surface area contributed by atoms with E-state index < -0.39 is 23.6 Å². The van der Waals surface area contributed by atoms with Crippen LogP contribution in [0.3, 0.4) is 0 Å². The van der Waals surface area contributed by atoms with Gasteiger partial charge in [-0.2, -0.15) is 10.2 Å². The fourth-order valence-electron chi connectivity index (χ4n) is 3.25. The highest BCUT2D eigenvalue weighted by Gasteiger charge is 2.45. The van der Waals surface area contributed by atoms with E-state index >= 15 is 0 Å². The molecule has 2 aromatic rings. The lowest BCUT2D eigenvalue weighted by Crippen LogP contribution is -2.45. The van der Waals surface area contributed by atoms with Gasteiger partial charge in [-0.15, -0.1) is 0 Å². The maximum atomic E-state index is 11.9. The Hall–Kier alpha value is -3.17. The normalized spacial score (nSPS) is 15.6. The quantitative estimate of drug-likeness (QED) is 0.519. The summed E-state index contributed by atoms with van der Waals surface area (Å²) in [4.78, 5) is 34.9. The van der Waals surface area contributed by atoms with Crippen molar-refractivity contribution in [3.63, 3.8) is 0 Å². The molecule has 0 radical (unpaired) electrons. The Morgan fingerprint density at radius 2 is 1.55 bits per heavy atom. The van der Waals surface area contributed by atoms with Gasteiger partial charge in [0.05, 0.1) is 30.6 Å². The SMILES string of the molecule is CCn1nc(C)cc1C1C(=O)OC(C)(C)OC1=O.CCn1nc(C)cc1CC(=O)OC. The standard InChI is InChI=1S/C12H16N2O4.C9H14N2O2/c1-5-14-8(6-7(2)13-14)9-10(15)17-12(3,4)18-11(9)16;1-4-11-8(5-7(2)10-11)6-9(12)13-3/h6,9H,5H2,1-4H3;5H,4,6H2,1-3H3. The number of aromatic nitrogens is 4.